The molecule has 5 nitrogen and oxygen atoms in total. The summed E-state index contributed by atoms with van der Waals surface area (Å²) in [5.74, 6) is -0.958. The zero-order chi connectivity index (χ0) is 13.9. The number of sulfone groups is 1. The lowest BCUT2D eigenvalue weighted by atomic mass is 10.0. The van der Waals surface area contributed by atoms with Crippen molar-refractivity contribution in [3.8, 4) is 0 Å². The van der Waals surface area contributed by atoms with E-state index in [1.165, 1.54) is 18.2 Å². The minimum atomic E-state index is -3.34. The summed E-state index contributed by atoms with van der Waals surface area (Å²) in [4.78, 5) is 10.6. The van der Waals surface area contributed by atoms with Gasteiger partial charge in [-0.15, -0.1) is 0 Å². The molecule has 0 radical (unpaired) electrons. The highest BCUT2D eigenvalue weighted by Gasteiger charge is 2.15. The third-order valence-corrected chi connectivity index (χ3v) is 3.92. The van der Waals surface area contributed by atoms with Crippen molar-refractivity contribution in [3.63, 3.8) is 0 Å². The summed E-state index contributed by atoms with van der Waals surface area (Å²) in [6, 6.07) is 3.64. The Labute approximate surface area is 110 Å². The van der Waals surface area contributed by atoms with Crippen molar-refractivity contribution in [3.05, 3.63) is 28.8 Å². The van der Waals surface area contributed by atoms with Crippen LogP contribution in [0.1, 0.15) is 24.4 Å². The highest BCUT2D eigenvalue weighted by Crippen LogP contribution is 2.27. The summed E-state index contributed by atoms with van der Waals surface area (Å²) in [6.07, 6.45) is 1.19. The Bertz CT molecular complexity index is 556. The minimum Gasteiger partial charge on any atom is -0.481 e. The van der Waals surface area contributed by atoms with Gasteiger partial charge in [0.1, 0.15) is 0 Å². The smallest absolute Gasteiger partial charge is 0.303 e. The SMILES string of the molecule is CS(=O)(=O)c1ccc(Cl)c(C(N)CCC(=O)O)c1. The molecule has 1 aromatic carbocycles. The van der Waals surface area contributed by atoms with Gasteiger partial charge in [0.2, 0.25) is 0 Å². The number of carbonyl (C=O) groups is 1. The van der Waals surface area contributed by atoms with Gasteiger partial charge >= 0.3 is 5.97 Å². The Morgan fingerprint density at radius 2 is 2.11 bits per heavy atom. The van der Waals surface area contributed by atoms with Crippen LogP contribution in [0.15, 0.2) is 23.1 Å². The van der Waals surface area contributed by atoms with Gasteiger partial charge in [0.05, 0.1) is 4.90 Å². The van der Waals surface area contributed by atoms with Gasteiger partial charge in [-0.3, -0.25) is 4.79 Å². The van der Waals surface area contributed by atoms with E-state index in [-0.39, 0.29) is 17.7 Å². The summed E-state index contributed by atoms with van der Waals surface area (Å²) in [5, 5.41) is 8.91. The lowest BCUT2D eigenvalue weighted by Crippen LogP contribution is -2.13. The maximum absolute atomic E-state index is 11.4. The molecule has 0 spiro atoms. The number of rotatable bonds is 5. The van der Waals surface area contributed by atoms with Gasteiger partial charge in [0.15, 0.2) is 9.84 Å². The van der Waals surface area contributed by atoms with E-state index in [4.69, 9.17) is 22.4 Å². The molecule has 0 aliphatic carbocycles. The lowest BCUT2D eigenvalue weighted by Gasteiger charge is -2.13. The van der Waals surface area contributed by atoms with Crippen LogP contribution in [0.2, 0.25) is 5.02 Å². The predicted molar refractivity (Wildman–Crippen MR) is 68.4 cm³/mol. The second-order valence-electron chi connectivity index (χ2n) is 3.99. The first-order chi connectivity index (χ1) is 8.21. The van der Waals surface area contributed by atoms with E-state index < -0.39 is 21.8 Å². The summed E-state index contributed by atoms with van der Waals surface area (Å²) in [6.45, 7) is 0. The van der Waals surface area contributed by atoms with Crippen LogP contribution in [0, 0.1) is 0 Å². The second-order valence-corrected chi connectivity index (χ2v) is 6.42. The first-order valence-electron chi connectivity index (χ1n) is 5.18. The molecule has 0 heterocycles. The second kappa shape index (κ2) is 5.69. The molecule has 1 unspecified atom stereocenters. The average molecular weight is 292 g/mol. The van der Waals surface area contributed by atoms with Gasteiger partial charge < -0.3 is 10.8 Å². The Kier molecular flexibility index (Phi) is 4.72. The van der Waals surface area contributed by atoms with Crippen LogP contribution < -0.4 is 5.73 Å². The van der Waals surface area contributed by atoms with Crippen molar-refractivity contribution in [1.82, 2.24) is 0 Å². The Balaban J connectivity index is 3.04. The van der Waals surface area contributed by atoms with Crippen molar-refractivity contribution >= 4 is 27.4 Å². The maximum Gasteiger partial charge on any atom is 0.303 e. The molecule has 0 bridgehead atoms. The quantitative estimate of drug-likeness (QED) is 0.859. The van der Waals surface area contributed by atoms with Crippen LogP contribution in [0.4, 0.5) is 0 Å². The molecular weight excluding hydrogens is 278 g/mol. The van der Waals surface area contributed by atoms with E-state index in [0.717, 1.165) is 6.26 Å². The number of halogens is 1. The van der Waals surface area contributed by atoms with Crippen molar-refractivity contribution in [2.24, 2.45) is 5.73 Å². The highest BCUT2D eigenvalue weighted by atomic mass is 35.5. The third kappa shape index (κ3) is 3.97. The van der Waals surface area contributed by atoms with Crippen LogP contribution in [0.5, 0.6) is 0 Å². The van der Waals surface area contributed by atoms with E-state index in [0.29, 0.717) is 10.6 Å². The Morgan fingerprint density at radius 1 is 1.50 bits per heavy atom. The summed E-state index contributed by atoms with van der Waals surface area (Å²) >= 11 is 5.93. The number of carboxylic acids is 1. The summed E-state index contributed by atoms with van der Waals surface area (Å²) in [5.41, 5.74) is 6.26. The molecule has 7 heteroatoms. The molecule has 100 valence electrons. The largest absolute Gasteiger partial charge is 0.481 e. The molecule has 0 aliphatic rings. The van der Waals surface area contributed by atoms with Crippen LogP contribution in [-0.2, 0) is 14.6 Å². The number of hydrogen-bond acceptors (Lipinski definition) is 4. The predicted octanol–water partition coefficient (Wildman–Crippen LogP) is 1.61. The maximum atomic E-state index is 11.4. The number of hydrogen-bond donors (Lipinski definition) is 2. The zero-order valence-electron chi connectivity index (χ0n) is 9.76. The van der Waals surface area contributed by atoms with Crippen LogP contribution in [-0.4, -0.2) is 25.7 Å². The van der Waals surface area contributed by atoms with Gasteiger partial charge in [-0.2, -0.15) is 0 Å². The number of nitrogens with two attached hydrogens (primary N) is 1. The van der Waals surface area contributed by atoms with Gasteiger partial charge in [-0.1, -0.05) is 11.6 Å². The fraction of sp³-hybridized carbons (Fsp3) is 0.364. The molecule has 1 atom stereocenters. The first-order valence-corrected chi connectivity index (χ1v) is 7.45. The zero-order valence-corrected chi connectivity index (χ0v) is 11.3. The van der Waals surface area contributed by atoms with Crippen molar-refractivity contribution < 1.29 is 18.3 Å². The van der Waals surface area contributed by atoms with Gasteiger partial charge in [-0.25, -0.2) is 8.42 Å². The van der Waals surface area contributed by atoms with E-state index >= 15 is 0 Å². The molecule has 18 heavy (non-hydrogen) atoms. The number of aliphatic carboxylic acids is 1. The fourth-order valence-corrected chi connectivity index (χ4v) is 2.39. The van der Waals surface area contributed by atoms with Gasteiger partial charge in [0, 0.05) is 23.7 Å². The highest BCUT2D eigenvalue weighted by molar-refractivity contribution is 7.90. The Morgan fingerprint density at radius 3 is 2.61 bits per heavy atom. The van der Waals surface area contributed by atoms with E-state index in [2.05, 4.69) is 0 Å². The van der Waals surface area contributed by atoms with Crippen LogP contribution >= 0.6 is 11.6 Å². The molecule has 3 N–H and O–H groups in total. The first kappa shape index (κ1) is 14.9. The molecular formula is C11H14ClNO4S. The van der Waals surface area contributed by atoms with E-state index in [9.17, 15) is 13.2 Å². The number of carboxylic acid groups (broad SMARTS) is 1. The van der Waals surface area contributed by atoms with Crippen molar-refractivity contribution in [2.45, 2.75) is 23.8 Å². The molecule has 0 saturated carbocycles. The molecule has 0 saturated heterocycles. The molecule has 0 aromatic heterocycles. The molecule has 0 amide bonds. The monoisotopic (exact) mass is 291 g/mol. The van der Waals surface area contributed by atoms with Crippen LogP contribution in [0.3, 0.4) is 0 Å². The van der Waals surface area contributed by atoms with E-state index in [1.807, 2.05) is 0 Å². The van der Waals surface area contributed by atoms with Crippen LogP contribution in [0.25, 0.3) is 0 Å². The number of benzene rings is 1. The Hall–Kier alpha value is -1.11. The molecule has 0 aliphatic heterocycles. The summed E-state index contributed by atoms with van der Waals surface area (Å²) in [7, 11) is -3.34. The standard InChI is InChI=1S/C11H14ClNO4S/c1-18(16,17)7-2-3-9(12)8(6-7)10(13)4-5-11(14)15/h2-3,6,10H,4-5,13H2,1H3,(H,14,15). The molecule has 1 aromatic rings. The normalized spacial score (nSPS) is 13.3. The average Bonchev–Trinajstić information content (AvgIpc) is 2.24. The molecule has 1 rings (SSSR count). The van der Waals surface area contributed by atoms with Crippen molar-refractivity contribution in [2.75, 3.05) is 6.26 Å². The van der Waals surface area contributed by atoms with Gasteiger partial charge in [0.25, 0.3) is 0 Å². The van der Waals surface area contributed by atoms with Crippen molar-refractivity contribution in [1.29, 1.82) is 0 Å². The topological polar surface area (TPSA) is 97.5 Å². The lowest BCUT2D eigenvalue weighted by molar-refractivity contribution is -0.137. The van der Waals surface area contributed by atoms with E-state index in [1.54, 1.807) is 0 Å². The minimum absolute atomic E-state index is 0.0966. The third-order valence-electron chi connectivity index (χ3n) is 2.46. The summed E-state index contributed by atoms with van der Waals surface area (Å²) < 4.78 is 22.8. The fourth-order valence-electron chi connectivity index (χ4n) is 1.47. The molecule has 0 fully saturated rings. The van der Waals surface area contributed by atoms with Gasteiger partial charge in [-0.05, 0) is 30.2 Å².